The summed E-state index contributed by atoms with van der Waals surface area (Å²) in [6.07, 6.45) is 3.11. The summed E-state index contributed by atoms with van der Waals surface area (Å²) in [6, 6.07) is 19.9. The highest BCUT2D eigenvalue weighted by atomic mass is 19.1. The molecule has 1 unspecified atom stereocenters. The van der Waals surface area contributed by atoms with Crippen molar-refractivity contribution in [2.45, 2.75) is 57.5 Å². The predicted octanol–water partition coefficient (Wildman–Crippen LogP) is 6.63. The van der Waals surface area contributed by atoms with Crippen LogP contribution in [0.15, 0.2) is 66.7 Å². The molecule has 1 heterocycles. The van der Waals surface area contributed by atoms with E-state index in [1.54, 1.807) is 0 Å². The minimum atomic E-state index is -0.250. The van der Waals surface area contributed by atoms with E-state index in [2.05, 4.69) is 48.6 Å². The van der Waals surface area contributed by atoms with E-state index < -0.39 is 0 Å². The first-order valence-electron chi connectivity index (χ1n) is 15.3. The summed E-state index contributed by atoms with van der Waals surface area (Å²) in [6.45, 7) is 12.6. The van der Waals surface area contributed by atoms with Gasteiger partial charge in [-0.3, -0.25) is 4.90 Å². The second kappa shape index (κ2) is 12.6. The zero-order valence-electron chi connectivity index (χ0n) is 25.0. The fourth-order valence-corrected chi connectivity index (χ4v) is 7.55. The molecule has 1 N–H and O–H groups in total. The number of nitrogens with zero attached hydrogens (tertiary/aromatic N) is 3. The third-order valence-corrected chi connectivity index (χ3v) is 10.2. The SMILES string of the molecule is CCN(C)[C@H]1Cc2ccc(O)cc2[C@](CC)(CCN2CCN(C(c3ccc(F)cc3)c3ccc(F)cc3)CC2)C1C. The maximum Gasteiger partial charge on any atom is 0.123 e. The molecule has 4 nitrogen and oxygen atoms in total. The van der Waals surface area contributed by atoms with Crippen LogP contribution in [0.4, 0.5) is 8.78 Å². The second-order valence-electron chi connectivity index (χ2n) is 12.1. The van der Waals surface area contributed by atoms with Crippen molar-refractivity contribution < 1.29 is 13.9 Å². The molecule has 3 atom stereocenters. The zero-order chi connectivity index (χ0) is 29.1. The third kappa shape index (κ3) is 6.06. The predicted molar refractivity (Wildman–Crippen MR) is 162 cm³/mol. The zero-order valence-corrected chi connectivity index (χ0v) is 25.0. The smallest absolute Gasteiger partial charge is 0.123 e. The molecule has 220 valence electrons. The molecule has 1 fully saturated rings. The van der Waals surface area contributed by atoms with Crippen molar-refractivity contribution in [3.05, 3.63) is 101 Å². The Morgan fingerprint density at radius 2 is 1.49 bits per heavy atom. The number of rotatable bonds is 9. The summed E-state index contributed by atoms with van der Waals surface area (Å²) in [5.41, 5.74) is 4.76. The fraction of sp³-hybridized carbons (Fsp3) is 0.486. The van der Waals surface area contributed by atoms with E-state index in [0.717, 1.165) is 69.7 Å². The van der Waals surface area contributed by atoms with E-state index in [0.29, 0.717) is 17.7 Å². The Labute approximate surface area is 244 Å². The second-order valence-corrected chi connectivity index (χ2v) is 12.1. The van der Waals surface area contributed by atoms with Crippen LogP contribution in [0, 0.1) is 17.6 Å². The van der Waals surface area contributed by atoms with Gasteiger partial charge in [0.05, 0.1) is 6.04 Å². The van der Waals surface area contributed by atoms with Gasteiger partial charge in [-0.05, 0) is 104 Å². The van der Waals surface area contributed by atoms with E-state index >= 15 is 0 Å². The number of phenolic OH excluding ortho intramolecular Hbond substituents is 1. The molecule has 0 amide bonds. The number of likely N-dealkylation sites (N-methyl/N-ethyl adjacent to an activating group) is 1. The number of hydrogen-bond donors (Lipinski definition) is 1. The first-order chi connectivity index (χ1) is 19.8. The van der Waals surface area contributed by atoms with E-state index in [1.165, 1.54) is 35.4 Å². The highest BCUT2D eigenvalue weighted by Crippen LogP contribution is 2.48. The van der Waals surface area contributed by atoms with Crippen molar-refractivity contribution >= 4 is 0 Å². The van der Waals surface area contributed by atoms with Crippen molar-refractivity contribution in [3.63, 3.8) is 0 Å². The van der Waals surface area contributed by atoms with Crippen molar-refractivity contribution in [2.75, 3.05) is 46.3 Å². The Bertz CT molecular complexity index is 1240. The van der Waals surface area contributed by atoms with Gasteiger partial charge in [0.1, 0.15) is 17.4 Å². The monoisotopic (exact) mass is 561 g/mol. The summed E-state index contributed by atoms with van der Waals surface area (Å²) < 4.78 is 27.5. The van der Waals surface area contributed by atoms with Gasteiger partial charge in [0.2, 0.25) is 0 Å². The normalized spacial score (nSPS) is 23.7. The third-order valence-electron chi connectivity index (χ3n) is 10.2. The van der Waals surface area contributed by atoms with Crippen LogP contribution in [0.1, 0.15) is 61.9 Å². The number of piperazine rings is 1. The van der Waals surface area contributed by atoms with Gasteiger partial charge < -0.3 is 14.9 Å². The Kier molecular flexibility index (Phi) is 9.12. The van der Waals surface area contributed by atoms with Crippen LogP contribution >= 0.6 is 0 Å². The summed E-state index contributed by atoms with van der Waals surface area (Å²) in [5.74, 6) is 0.327. The molecule has 2 aliphatic rings. The highest BCUT2D eigenvalue weighted by molar-refractivity contribution is 5.44. The Balaban J connectivity index is 1.33. The lowest BCUT2D eigenvalue weighted by Gasteiger charge is -2.51. The number of aromatic hydroxyl groups is 1. The largest absolute Gasteiger partial charge is 0.508 e. The number of halogens is 2. The van der Waals surface area contributed by atoms with Gasteiger partial charge in [0.25, 0.3) is 0 Å². The van der Waals surface area contributed by atoms with Crippen LogP contribution < -0.4 is 0 Å². The maximum atomic E-state index is 13.7. The molecule has 1 aliphatic carbocycles. The molecule has 1 aliphatic heterocycles. The van der Waals surface area contributed by atoms with Crippen LogP contribution in [0.3, 0.4) is 0 Å². The standard InChI is InChI=1S/C35H45F2N3O/c1-5-35(25(3)33(38(4)6-2)23-28-11-16-31(41)24-32(28)35)17-18-39-19-21-40(22-20-39)34(26-7-12-29(36)13-8-26)27-9-14-30(37)15-10-27/h7-16,24-25,33-34,41H,5-6,17-23H2,1-4H3/t25?,33-,35+/m0/s1. The van der Waals surface area contributed by atoms with Gasteiger partial charge in [-0.25, -0.2) is 8.78 Å². The van der Waals surface area contributed by atoms with Crippen LogP contribution in [0.5, 0.6) is 5.75 Å². The summed E-state index contributed by atoms with van der Waals surface area (Å²) in [7, 11) is 2.24. The molecule has 0 saturated carbocycles. The van der Waals surface area contributed by atoms with Gasteiger partial charge in [-0.1, -0.05) is 51.1 Å². The maximum absolute atomic E-state index is 13.7. The van der Waals surface area contributed by atoms with Crippen LogP contribution in [0.25, 0.3) is 0 Å². The molecular weight excluding hydrogens is 516 g/mol. The molecule has 0 aromatic heterocycles. The van der Waals surface area contributed by atoms with Crippen LogP contribution in [-0.2, 0) is 11.8 Å². The number of fused-ring (bicyclic) bond motifs is 1. The molecule has 6 heteroatoms. The Morgan fingerprint density at radius 3 is 2.02 bits per heavy atom. The minimum absolute atomic E-state index is 0.00229. The lowest BCUT2D eigenvalue weighted by atomic mass is 9.58. The first kappa shape index (κ1) is 29.7. The molecule has 0 radical (unpaired) electrons. The van der Waals surface area contributed by atoms with Crippen molar-refractivity contribution in [3.8, 4) is 5.75 Å². The van der Waals surface area contributed by atoms with Gasteiger partial charge in [0, 0.05) is 37.6 Å². The number of hydrogen-bond acceptors (Lipinski definition) is 4. The van der Waals surface area contributed by atoms with Gasteiger partial charge in [0.15, 0.2) is 0 Å². The topological polar surface area (TPSA) is 30.0 Å². The van der Waals surface area contributed by atoms with E-state index in [4.69, 9.17) is 0 Å². The lowest BCUT2D eigenvalue weighted by Crippen LogP contribution is -2.54. The molecule has 3 aromatic rings. The lowest BCUT2D eigenvalue weighted by molar-refractivity contribution is 0.0714. The van der Waals surface area contributed by atoms with Crippen LogP contribution in [0.2, 0.25) is 0 Å². The fourth-order valence-electron chi connectivity index (χ4n) is 7.55. The van der Waals surface area contributed by atoms with E-state index in [1.807, 2.05) is 36.4 Å². The van der Waals surface area contributed by atoms with Gasteiger partial charge >= 0.3 is 0 Å². The van der Waals surface area contributed by atoms with Crippen molar-refractivity contribution in [1.29, 1.82) is 0 Å². The van der Waals surface area contributed by atoms with Crippen molar-refractivity contribution in [2.24, 2.45) is 5.92 Å². The highest BCUT2D eigenvalue weighted by Gasteiger charge is 2.46. The van der Waals surface area contributed by atoms with Gasteiger partial charge in [-0.15, -0.1) is 0 Å². The Morgan fingerprint density at radius 1 is 0.902 bits per heavy atom. The minimum Gasteiger partial charge on any atom is -0.508 e. The molecule has 0 bridgehead atoms. The molecule has 0 spiro atoms. The summed E-state index contributed by atoms with van der Waals surface area (Å²) in [5, 5.41) is 10.5. The van der Waals surface area contributed by atoms with Crippen molar-refractivity contribution in [1.82, 2.24) is 14.7 Å². The Hall–Kier alpha value is -2.80. The van der Waals surface area contributed by atoms with E-state index in [9.17, 15) is 13.9 Å². The molecule has 1 saturated heterocycles. The quantitative estimate of drug-likeness (QED) is 0.318. The van der Waals surface area contributed by atoms with E-state index in [-0.39, 0.29) is 23.1 Å². The number of phenols is 1. The summed E-state index contributed by atoms with van der Waals surface area (Å²) in [4.78, 5) is 7.51. The average Bonchev–Trinajstić information content (AvgIpc) is 2.99. The number of benzene rings is 3. The first-order valence-corrected chi connectivity index (χ1v) is 15.3. The van der Waals surface area contributed by atoms with Crippen LogP contribution in [-0.4, -0.2) is 72.2 Å². The molecule has 3 aromatic carbocycles. The molecule has 41 heavy (non-hydrogen) atoms. The summed E-state index contributed by atoms with van der Waals surface area (Å²) >= 11 is 0. The molecular formula is C35H45F2N3O. The van der Waals surface area contributed by atoms with Gasteiger partial charge in [-0.2, -0.15) is 0 Å². The average molecular weight is 562 g/mol. The molecule has 5 rings (SSSR count).